The number of aromatic nitrogens is 1. The number of ether oxygens (including phenoxy) is 1. The van der Waals surface area contributed by atoms with Crippen molar-refractivity contribution in [2.24, 2.45) is 0 Å². The maximum Gasteiger partial charge on any atom is 0.144 e. The van der Waals surface area contributed by atoms with Crippen LogP contribution < -0.4 is 10.1 Å². The minimum Gasteiger partial charge on any atom is -0.497 e. The maximum absolute atomic E-state index is 9.34. The quantitative estimate of drug-likeness (QED) is 0.908. The van der Waals surface area contributed by atoms with Crippen molar-refractivity contribution in [1.82, 2.24) is 9.88 Å². The van der Waals surface area contributed by atoms with Gasteiger partial charge in [0.1, 0.15) is 17.6 Å². The molecule has 2 unspecified atom stereocenters. The van der Waals surface area contributed by atoms with Gasteiger partial charge in [-0.05, 0) is 49.1 Å². The van der Waals surface area contributed by atoms with E-state index in [0.717, 1.165) is 18.7 Å². The Labute approximate surface area is 148 Å². The number of hydrogen-bond acceptors (Lipinski definition) is 5. The second kappa shape index (κ2) is 6.73. The number of likely N-dealkylation sites (tertiary alicyclic amines) is 1. The zero-order chi connectivity index (χ0) is 17.2. The average molecular weight is 334 g/mol. The minimum absolute atomic E-state index is 0.231. The van der Waals surface area contributed by atoms with E-state index >= 15 is 0 Å². The molecule has 4 rings (SSSR count). The van der Waals surface area contributed by atoms with Crippen LogP contribution in [0.4, 0.5) is 5.82 Å². The van der Waals surface area contributed by atoms with Crippen LogP contribution in [0.25, 0.3) is 0 Å². The number of rotatable bonds is 5. The van der Waals surface area contributed by atoms with Crippen molar-refractivity contribution in [3.05, 3.63) is 53.7 Å². The lowest BCUT2D eigenvalue weighted by atomic mass is 9.99. The molecule has 2 heterocycles. The molecule has 1 N–H and O–H groups in total. The fraction of sp³-hybridized carbons (Fsp3) is 0.400. The molecular weight excluding hydrogens is 312 g/mol. The molecule has 1 saturated heterocycles. The molecule has 2 aliphatic rings. The van der Waals surface area contributed by atoms with Crippen LogP contribution in [0.15, 0.2) is 42.6 Å². The maximum atomic E-state index is 9.34. The number of pyridine rings is 1. The van der Waals surface area contributed by atoms with Gasteiger partial charge in [-0.15, -0.1) is 0 Å². The zero-order valence-electron chi connectivity index (χ0n) is 14.4. The molecule has 1 aromatic carbocycles. The number of nitrogens with one attached hydrogen (secondary N) is 1. The van der Waals surface area contributed by atoms with E-state index < -0.39 is 0 Å². The van der Waals surface area contributed by atoms with E-state index in [1.54, 1.807) is 19.4 Å². The third kappa shape index (κ3) is 3.18. The summed E-state index contributed by atoms with van der Waals surface area (Å²) in [5, 5.41) is 12.9. The molecule has 1 saturated carbocycles. The Bertz CT molecular complexity index is 796. The zero-order valence-corrected chi connectivity index (χ0v) is 14.4. The first-order chi connectivity index (χ1) is 12.3. The molecule has 0 radical (unpaired) electrons. The Morgan fingerprint density at radius 3 is 2.88 bits per heavy atom. The Morgan fingerprint density at radius 2 is 2.12 bits per heavy atom. The lowest BCUT2D eigenvalue weighted by Gasteiger charge is -2.29. The van der Waals surface area contributed by atoms with E-state index in [2.05, 4.69) is 39.5 Å². The Morgan fingerprint density at radius 1 is 1.24 bits per heavy atom. The lowest BCUT2D eigenvalue weighted by Crippen LogP contribution is -2.33. The lowest BCUT2D eigenvalue weighted by molar-refractivity contribution is 0.240. The topological polar surface area (TPSA) is 61.2 Å². The molecule has 2 fully saturated rings. The summed E-state index contributed by atoms with van der Waals surface area (Å²) >= 11 is 0. The van der Waals surface area contributed by atoms with Crippen LogP contribution >= 0.6 is 0 Å². The van der Waals surface area contributed by atoms with Crippen LogP contribution in [0.2, 0.25) is 0 Å². The molecule has 1 aromatic heterocycles. The van der Waals surface area contributed by atoms with Crippen molar-refractivity contribution in [3.63, 3.8) is 0 Å². The second-order valence-corrected chi connectivity index (χ2v) is 6.74. The van der Waals surface area contributed by atoms with Gasteiger partial charge in [-0.3, -0.25) is 4.90 Å². The number of benzene rings is 1. The number of nitrogens with zero attached hydrogens (tertiary/aromatic N) is 3. The number of hydrogen-bond donors (Lipinski definition) is 1. The molecule has 5 heteroatoms. The predicted octanol–water partition coefficient (Wildman–Crippen LogP) is 3.35. The van der Waals surface area contributed by atoms with Gasteiger partial charge in [0.25, 0.3) is 0 Å². The molecular formula is C20H22N4O. The highest BCUT2D eigenvalue weighted by Crippen LogP contribution is 2.42. The summed E-state index contributed by atoms with van der Waals surface area (Å²) in [6.07, 6.45) is 5.33. The summed E-state index contributed by atoms with van der Waals surface area (Å²) in [7, 11) is 1.70. The van der Waals surface area contributed by atoms with Crippen molar-refractivity contribution in [3.8, 4) is 11.8 Å². The molecule has 0 amide bonds. The third-order valence-corrected chi connectivity index (χ3v) is 5.14. The number of anilines is 1. The van der Waals surface area contributed by atoms with Gasteiger partial charge in [0.15, 0.2) is 0 Å². The van der Waals surface area contributed by atoms with Gasteiger partial charge in [0.2, 0.25) is 0 Å². The van der Waals surface area contributed by atoms with Crippen molar-refractivity contribution in [1.29, 1.82) is 5.26 Å². The van der Waals surface area contributed by atoms with Crippen LogP contribution in [-0.4, -0.2) is 35.6 Å². The summed E-state index contributed by atoms with van der Waals surface area (Å²) in [6.45, 7) is 1.07. The van der Waals surface area contributed by atoms with Crippen LogP contribution in [0.5, 0.6) is 5.75 Å². The molecule has 1 aliphatic heterocycles. The second-order valence-electron chi connectivity index (χ2n) is 6.74. The minimum atomic E-state index is 0.231. The first kappa shape index (κ1) is 15.9. The molecule has 0 bridgehead atoms. The van der Waals surface area contributed by atoms with Crippen LogP contribution in [-0.2, 0) is 0 Å². The van der Waals surface area contributed by atoms with Crippen LogP contribution in [0.1, 0.15) is 36.4 Å². The Kier molecular flexibility index (Phi) is 4.29. The largest absolute Gasteiger partial charge is 0.497 e. The predicted molar refractivity (Wildman–Crippen MR) is 96.4 cm³/mol. The van der Waals surface area contributed by atoms with Gasteiger partial charge in [-0.1, -0.05) is 12.1 Å². The highest BCUT2D eigenvalue weighted by atomic mass is 16.5. The fourth-order valence-electron chi connectivity index (χ4n) is 3.82. The third-order valence-electron chi connectivity index (χ3n) is 5.14. The van der Waals surface area contributed by atoms with E-state index in [0.29, 0.717) is 17.4 Å². The molecule has 1 aliphatic carbocycles. The molecule has 2 aromatic rings. The summed E-state index contributed by atoms with van der Waals surface area (Å²) in [6, 6.07) is 15.4. The van der Waals surface area contributed by atoms with Gasteiger partial charge in [-0.25, -0.2) is 4.98 Å². The van der Waals surface area contributed by atoms with Crippen molar-refractivity contribution in [2.45, 2.75) is 37.4 Å². The molecule has 25 heavy (non-hydrogen) atoms. The monoisotopic (exact) mass is 334 g/mol. The van der Waals surface area contributed by atoms with E-state index in [1.165, 1.54) is 18.4 Å². The molecule has 0 spiro atoms. The standard InChI is InChI=1S/C20H22N4O/c1-25-17-6-2-4-14(12-17)19-18(9-11-24(19)16-7-8-16)23-20-15(13-21)5-3-10-22-20/h2-6,10,12,16,18-19H,7-9,11H2,1H3,(H,22,23). The molecule has 128 valence electrons. The van der Waals surface area contributed by atoms with E-state index in [4.69, 9.17) is 4.74 Å². The van der Waals surface area contributed by atoms with E-state index in [1.807, 2.05) is 12.1 Å². The van der Waals surface area contributed by atoms with E-state index in [9.17, 15) is 5.26 Å². The summed E-state index contributed by atoms with van der Waals surface area (Å²) in [4.78, 5) is 6.98. The van der Waals surface area contributed by atoms with Crippen molar-refractivity contribution < 1.29 is 4.74 Å². The average Bonchev–Trinajstić information content (AvgIpc) is 3.43. The van der Waals surface area contributed by atoms with Gasteiger partial charge >= 0.3 is 0 Å². The van der Waals surface area contributed by atoms with Crippen molar-refractivity contribution >= 4 is 5.82 Å². The Hall–Kier alpha value is -2.58. The fourth-order valence-corrected chi connectivity index (χ4v) is 3.82. The summed E-state index contributed by atoms with van der Waals surface area (Å²) in [5.41, 5.74) is 1.85. The summed E-state index contributed by atoms with van der Waals surface area (Å²) < 4.78 is 5.42. The SMILES string of the molecule is COc1cccc(C2C(Nc3ncccc3C#N)CCN2C2CC2)c1. The van der Waals surface area contributed by atoms with E-state index in [-0.39, 0.29) is 12.1 Å². The van der Waals surface area contributed by atoms with Gasteiger partial charge < -0.3 is 10.1 Å². The van der Waals surface area contributed by atoms with Gasteiger partial charge in [0, 0.05) is 24.8 Å². The highest BCUT2D eigenvalue weighted by molar-refractivity contribution is 5.52. The summed E-state index contributed by atoms with van der Waals surface area (Å²) in [5.74, 6) is 1.56. The molecule has 2 atom stereocenters. The van der Waals surface area contributed by atoms with Gasteiger partial charge in [0.05, 0.1) is 18.7 Å². The normalized spacial score (nSPS) is 23.2. The first-order valence-corrected chi connectivity index (χ1v) is 8.81. The first-order valence-electron chi connectivity index (χ1n) is 8.81. The number of methoxy groups -OCH3 is 1. The van der Waals surface area contributed by atoms with Crippen LogP contribution in [0, 0.1) is 11.3 Å². The smallest absolute Gasteiger partial charge is 0.144 e. The van der Waals surface area contributed by atoms with Crippen LogP contribution in [0.3, 0.4) is 0 Å². The highest BCUT2D eigenvalue weighted by Gasteiger charge is 2.43. The Balaban J connectivity index is 1.65. The number of nitriles is 1. The molecule has 5 nitrogen and oxygen atoms in total. The van der Waals surface area contributed by atoms with Crippen molar-refractivity contribution in [2.75, 3.05) is 19.0 Å². The van der Waals surface area contributed by atoms with Gasteiger partial charge in [-0.2, -0.15) is 5.26 Å².